The van der Waals surface area contributed by atoms with Crippen LogP contribution in [0.5, 0.6) is 11.5 Å². The van der Waals surface area contributed by atoms with Crippen molar-refractivity contribution in [1.29, 1.82) is 0 Å². The average molecular weight is 629 g/mol. The molecule has 6 fully saturated rings. The van der Waals surface area contributed by atoms with Crippen LogP contribution in [-0.2, 0) is 28.5 Å². The van der Waals surface area contributed by atoms with Gasteiger partial charge < -0.3 is 38.3 Å². The number of fused-ring (bicyclic) bond motifs is 2. The summed E-state index contributed by atoms with van der Waals surface area (Å²) in [4.78, 5) is 27.2. The summed E-state index contributed by atoms with van der Waals surface area (Å²) in [6.07, 6.45) is 0.145. The van der Waals surface area contributed by atoms with Gasteiger partial charge in [-0.1, -0.05) is 20.8 Å². The summed E-state index contributed by atoms with van der Waals surface area (Å²) in [6.45, 7) is 6.34. The standard InChI is InChI=1S/C36H36O10/c1-17(2)35-28(45-35)29-36(46-29)33(3)15-14-22-24(25(33)23-16-34(36,44-23)32(35)39)27(43-31(22)38)26(18-6-10-20(40-4)11-7-18)42-30(37)19-8-12-21(41-5)13-9-19/h6-13,17,23,25,28-29,32,39H,14-16H2,1-5H3/b27-26+/t23?,25-,28-,29-,32-,33-,34+,35-,36+/m0/s1. The molecule has 2 aromatic carbocycles. The van der Waals surface area contributed by atoms with Gasteiger partial charge in [-0.2, -0.15) is 0 Å². The molecule has 3 aliphatic carbocycles. The van der Waals surface area contributed by atoms with Gasteiger partial charge in [0.15, 0.2) is 11.5 Å². The van der Waals surface area contributed by atoms with E-state index in [9.17, 15) is 14.7 Å². The highest BCUT2D eigenvalue weighted by molar-refractivity contribution is 5.99. The van der Waals surface area contributed by atoms with E-state index in [2.05, 4.69) is 20.8 Å². The minimum atomic E-state index is -0.879. The summed E-state index contributed by atoms with van der Waals surface area (Å²) in [6, 6.07) is 13.7. The maximum absolute atomic E-state index is 13.6. The smallest absolute Gasteiger partial charge is 0.343 e. The Labute approximate surface area is 266 Å². The molecule has 5 aliphatic heterocycles. The molecule has 9 atom stereocenters. The Balaban J connectivity index is 1.16. The monoisotopic (exact) mass is 628 g/mol. The molecule has 0 radical (unpaired) electrons. The molecule has 2 aromatic rings. The zero-order chi connectivity index (χ0) is 32.0. The molecule has 10 heteroatoms. The molecule has 8 aliphatic rings. The van der Waals surface area contributed by atoms with Gasteiger partial charge in [-0.05, 0) is 67.3 Å². The van der Waals surface area contributed by atoms with E-state index in [1.165, 1.54) is 0 Å². The average Bonchev–Trinajstić information content (AvgIpc) is 3.94. The van der Waals surface area contributed by atoms with E-state index in [1.54, 1.807) is 62.8 Å². The SMILES string of the molecule is COc1ccc(C(=O)O/C(=C2/OC(=O)C3=C2[C@@H]2C4C[C@@]5(O4)[C@H](O)[C@@]4(C(C)C)O[C@H]4[C@@H]4O[C@@]45[C@@]2(C)CC3)c2ccc(OC)cc2)cc1. The number of hydrogen-bond donors (Lipinski definition) is 1. The topological polar surface area (TPSA) is 126 Å². The Hall–Kier alpha value is -3.70. The number of esters is 2. The van der Waals surface area contributed by atoms with E-state index < -0.39 is 40.3 Å². The third kappa shape index (κ3) is 3.16. The third-order valence-corrected chi connectivity index (χ3v) is 12.1. The maximum atomic E-state index is 13.6. The molecule has 0 amide bonds. The first-order valence-electron chi connectivity index (χ1n) is 16.0. The van der Waals surface area contributed by atoms with Gasteiger partial charge in [-0.3, -0.25) is 0 Å². The zero-order valence-corrected chi connectivity index (χ0v) is 26.3. The van der Waals surface area contributed by atoms with Gasteiger partial charge in [-0.15, -0.1) is 0 Å². The number of carbonyl (C=O) groups excluding carboxylic acids is 2. The number of ether oxygens (including phenoxy) is 7. The van der Waals surface area contributed by atoms with E-state index in [0.29, 0.717) is 53.0 Å². The molecule has 1 N–H and O–H groups in total. The van der Waals surface area contributed by atoms with Crippen molar-refractivity contribution in [2.45, 2.75) is 81.3 Å². The summed E-state index contributed by atoms with van der Waals surface area (Å²) in [5.41, 5.74) is -0.705. The minimum Gasteiger partial charge on any atom is -0.497 e. The number of methoxy groups -OCH3 is 2. The van der Waals surface area contributed by atoms with E-state index in [-0.39, 0.29) is 41.7 Å². The molecule has 4 saturated heterocycles. The van der Waals surface area contributed by atoms with Crippen LogP contribution in [-0.4, -0.2) is 72.5 Å². The fourth-order valence-electron chi connectivity index (χ4n) is 9.86. The quantitative estimate of drug-likeness (QED) is 0.281. The third-order valence-electron chi connectivity index (χ3n) is 12.1. The highest BCUT2D eigenvalue weighted by Gasteiger charge is 2.98. The highest BCUT2D eigenvalue weighted by atomic mass is 16.7. The fraction of sp³-hybridized carbons (Fsp3) is 0.500. The van der Waals surface area contributed by atoms with Crippen LogP contribution < -0.4 is 9.47 Å². The van der Waals surface area contributed by atoms with Crippen LogP contribution in [0.2, 0.25) is 0 Å². The highest BCUT2D eigenvalue weighted by Crippen LogP contribution is 2.82. The number of benzene rings is 2. The lowest BCUT2D eigenvalue weighted by atomic mass is 9.41. The van der Waals surface area contributed by atoms with Crippen molar-refractivity contribution in [2.75, 3.05) is 14.2 Å². The van der Waals surface area contributed by atoms with E-state index >= 15 is 0 Å². The van der Waals surface area contributed by atoms with Crippen LogP contribution in [0, 0.1) is 17.3 Å². The van der Waals surface area contributed by atoms with E-state index in [0.717, 1.165) is 0 Å². The van der Waals surface area contributed by atoms with Gasteiger partial charge >= 0.3 is 11.9 Å². The molecule has 2 saturated carbocycles. The maximum Gasteiger partial charge on any atom is 0.343 e. The first-order chi connectivity index (χ1) is 22.1. The number of carbonyl (C=O) groups is 2. The number of aliphatic hydroxyl groups is 1. The summed E-state index contributed by atoms with van der Waals surface area (Å²) >= 11 is 0. The van der Waals surface area contributed by atoms with E-state index in [1.807, 2.05) is 0 Å². The number of allylic oxidation sites excluding steroid dienone is 1. The lowest BCUT2D eigenvalue weighted by molar-refractivity contribution is -0.366. The Bertz CT molecular complexity index is 1750. The zero-order valence-electron chi connectivity index (χ0n) is 26.3. The molecule has 10 rings (SSSR count). The van der Waals surface area contributed by atoms with Crippen LogP contribution in [0.25, 0.3) is 5.76 Å². The normalized spacial score (nSPS) is 41.5. The number of cyclic esters (lactones) is 1. The molecular weight excluding hydrogens is 592 g/mol. The first-order valence-corrected chi connectivity index (χ1v) is 16.0. The van der Waals surface area contributed by atoms with Crippen molar-refractivity contribution in [2.24, 2.45) is 17.3 Å². The predicted octanol–water partition coefficient (Wildman–Crippen LogP) is 4.35. The van der Waals surface area contributed by atoms with Crippen LogP contribution in [0.3, 0.4) is 0 Å². The van der Waals surface area contributed by atoms with Gasteiger partial charge in [-0.25, -0.2) is 9.59 Å². The molecule has 2 spiro atoms. The second kappa shape index (κ2) is 9.01. The summed E-state index contributed by atoms with van der Waals surface area (Å²) in [7, 11) is 3.13. The van der Waals surface area contributed by atoms with Crippen molar-refractivity contribution < 1.29 is 47.9 Å². The second-order valence-corrected chi connectivity index (χ2v) is 14.2. The van der Waals surface area contributed by atoms with Crippen molar-refractivity contribution in [3.63, 3.8) is 0 Å². The Morgan fingerprint density at radius 1 is 0.935 bits per heavy atom. The Morgan fingerprint density at radius 2 is 1.57 bits per heavy atom. The molecular formula is C36H36O10. The molecule has 2 bridgehead atoms. The fourth-order valence-corrected chi connectivity index (χ4v) is 9.86. The molecule has 5 heterocycles. The Kier molecular flexibility index (Phi) is 5.58. The molecule has 10 nitrogen and oxygen atoms in total. The van der Waals surface area contributed by atoms with Crippen molar-refractivity contribution in [3.05, 3.63) is 76.6 Å². The number of hydrogen-bond acceptors (Lipinski definition) is 10. The number of rotatable bonds is 6. The van der Waals surface area contributed by atoms with Crippen LogP contribution >= 0.6 is 0 Å². The first kappa shape index (κ1) is 28.5. The molecule has 0 aromatic heterocycles. The molecule has 46 heavy (non-hydrogen) atoms. The largest absolute Gasteiger partial charge is 0.497 e. The summed E-state index contributed by atoms with van der Waals surface area (Å²) in [5.74, 6) is 0.333. The predicted molar refractivity (Wildman–Crippen MR) is 161 cm³/mol. The van der Waals surface area contributed by atoms with Gasteiger partial charge in [0, 0.05) is 34.5 Å². The van der Waals surface area contributed by atoms with Crippen molar-refractivity contribution in [1.82, 2.24) is 0 Å². The van der Waals surface area contributed by atoms with Crippen LogP contribution in [0.1, 0.15) is 56.0 Å². The van der Waals surface area contributed by atoms with Gasteiger partial charge in [0.05, 0.1) is 25.9 Å². The Morgan fingerprint density at radius 3 is 2.17 bits per heavy atom. The lowest BCUT2D eigenvalue weighted by Crippen LogP contribution is -2.83. The summed E-state index contributed by atoms with van der Waals surface area (Å²) in [5, 5.41) is 11.9. The van der Waals surface area contributed by atoms with Gasteiger partial charge in [0.25, 0.3) is 0 Å². The second-order valence-electron chi connectivity index (χ2n) is 14.2. The summed E-state index contributed by atoms with van der Waals surface area (Å²) < 4.78 is 42.6. The molecule has 240 valence electrons. The number of aliphatic hydroxyl groups excluding tert-OH is 1. The lowest BCUT2D eigenvalue weighted by Gasteiger charge is -2.70. The number of epoxide rings is 2. The van der Waals surface area contributed by atoms with E-state index in [4.69, 9.17) is 33.2 Å². The van der Waals surface area contributed by atoms with Gasteiger partial charge in [0.1, 0.15) is 46.6 Å². The van der Waals surface area contributed by atoms with Crippen molar-refractivity contribution in [3.8, 4) is 11.5 Å². The minimum absolute atomic E-state index is 0.0979. The van der Waals surface area contributed by atoms with Gasteiger partial charge in [0.2, 0.25) is 0 Å². The molecule has 1 unspecified atom stereocenters. The van der Waals surface area contributed by atoms with Crippen LogP contribution in [0.15, 0.2) is 65.4 Å². The van der Waals surface area contributed by atoms with Crippen LogP contribution in [0.4, 0.5) is 0 Å². The van der Waals surface area contributed by atoms with Crippen molar-refractivity contribution >= 4 is 17.7 Å².